The smallest absolute Gasteiger partial charge is 0.129 e. The summed E-state index contributed by atoms with van der Waals surface area (Å²) in [5.74, 6) is -0.639. The van der Waals surface area contributed by atoms with Crippen LogP contribution in [0.2, 0.25) is 0 Å². The van der Waals surface area contributed by atoms with Gasteiger partial charge in [-0.05, 0) is 44.0 Å². The Bertz CT molecular complexity index is 442. The van der Waals surface area contributed by atoms with Gasteiger partial charge in [-0.3, -0.25) is 0 Å². The molecule has 1 aromatic carbocycles. The average Bonchev–Trinajstić information content (AvgIpc) is 2.86. The molecule has 0 spiro atoms. The topological polar surface area (TPSA) is 32.7 Å². The fourth-order valence-corrected chi connectivity index (χ4v) is 2.61. The summed E-state index contributed by atoms with van der Waals surface area (Å²) in [6, 6.07) is 3.17. The zero-order chi connectivity index (χ0) is 14.5. The number of hydrogen-bond acceptors (Lipinski definition) is 3. The summed E-state index contributed by atoms with van der Waals surface area (Å²) in [5.41, 5.74) is 0.0262. The van der Waals surface area contributed by atoms with Crippen LogP contribution < -0.4 is 0 Å². The van der Waals surface area contributed by atoms with Crippen LogP contribution in [-0.2, 0) is 4.74 Å². The molecule has 0 bridgehead atoms. The summed E-state index contributed by atoms with van der Waals surface area (Å²) in [4.78, 5) is 2.07. The van der Waals surface area contributed by atoms with Gasteiger partial charge in [0.05, 0.1) is 12.7 Å². The van der Waals surface area contributed by atoms with Crippen LogP contribution in [-0.4, -0.2) is 42.9 Å². The maximum Gasteiger partial charge on any atom is 0.129 e. The van der Waals surface area contributed by atoms with Crippen molar-refractivity contribution in [3.8, 4) is 0 Å². The number of β-amino-alcohol motifs (C(OH)–C–C–N with tert-alkyl or cyclic N) is 1. The maximum absolute atomic E-state index is 13.6. The molecule has 0 amide bonds. The van der Waals surface area contributed by atoms with Gasteiger partial charge in [-0.1, -0.05) is 0 Å². The van der Waals surface area contributed by atoms with Crippen molar-refractivity contribution in [2.75, 3.05) is 32.8 Å². The Morgan fingerprint density at radius 2 is 2.25 bits per heavy atom. The van der Waals surface area contributed by atoms with Crippen molar-refractivity contribution in [3.05, 3.63) is 35.4 Å². The number of hydrogen-bond donors (Lipinski definition) is 1. The molecule has 1 aliphatic rings. The van der Waals surface area contributed by atoms with Crippen LogP contribution in [0.5, 0.6) is 0 Å². The summed E-state index contributed by atoms with van der Waals surface area (Å²) in [7, 11) is 0. The SMILES string of the molecule is CCOCC1CCN(CC(O)c2cc(F)ccc2F)C1. The van der Waals surface area contributed by atoms with Crippen LogP contribution in [0, 0.1) is 17.6 Å². The molecular formula is C15H21F2NO2. The lowest BCUT2D eigenvalue weighted by atomic mass is 10.1. The Morgan fingerprint density at radius 3 is 3.00 bits per heavy atom. The fourth-order valence-electron chi connectivity index (χ4n) is 2.61. The number of likely N-dealkylation sites (tertiary alicyclic amines) is 1. The van der Waals surface area contributed by atoms with Crippen molar-refractivity contribution in [2.24, 2.45) is 5.92 Å². The number of ether oxygens (including phenoxy) is 1. The monoisotopic (exact) mass is 285 g/mol. The van der Waals surface area contributed by atoms with Gasteiger partial charge in [-0.2, -0.15) is 0 Å². The molecule has 2 rings (SSSR count). The molecule has 1 aliphatic heterocycles. The lowest BCUT2D eigenvalue weighted by Gasteiger charge is -2.20. The average molecular weight is 285 g/mol. The highest BCUT2D eigenvalue weighted by atomic mass is 19.1. The van der Waals surface area contributed by atoms with Crippen molar-refractivity contribution >= 4 is 0 Å². The molecule has 1 fully saturated rings. The van der Waals surface area contributed by atoms with E-state index in [2.05, 4.69) is 4.90 Å². The highest BCUT2D eigenvalue weighted by molar-refractivity contribution is 5.21. The molecule has 112 valence electrons. The molecule has 20 heavy (non-hydrogen) atoms. The fraction of sp³-hybridized carbons (Fsp3) is 0.600. The van der Waals surface area contributed by atoms with Crippen LogP contribution in [0.15, 0.2) is 18.2 Å². The van der Waals surface area contributed by atoms with E-state index in [0.717, 1.165) is 44.3 Å². The van der Waals surface area contributed by atoms with E-state index < -0.39 is 17.7 Å². The minimum atomic E-state index is -1.00. The molecule has 0 aromatic heterocycles. The number of aliphatic hydroxyl groups is 1. The second-order valence-corrected chi connectivity index (χ2v) is 5.26. The Hall–Kier alpha value is -1.04. The van der Waals surface area contributed by atoms with Crippen LogP contribution in [0.3, 0.4) is 0 Å². The highest BCUT2D eigenvalue weighted by Gasteiger charge is 2.25. The van der Waals surface area contributed by atoms with Gasteiger partial charge < -0.3 is 14.7 Å². The van der Waals surface area contributed by atoms with E-state index in [-0.39, 0.29) is 5.56 Å². The first-order valence-corrected chi connectivity index (χ1v) is 7.03. The molecule has 1 N–H and O–H groups in total. The number of rotatable bonds is 6. The quantitative estimate of drug-likeness (QED) is 0.871. The summed E-state index contributed by atoms with van der Waals surface area (Å²) in [5, 5.41) is 10.1. The molecular weight excluding hydrogens is 264 g/mol. The minimum Gasteiger partial charge on any atom is -0.387 e. The number of benzene rings is 1. The maximum atomic E-state index is 13.6. The van der Waals surface area contributed by atoms with E-state index in [4.69, 9.17) is 4.74 Å². The third-order valence-electron chi connectivity index (χ3n) is 3.68. The molecule has 1 saturated heterocycles. The molecule has 0 saturated carbocycles. The van der Waals surface area contributed by atoms with Gasteiger partial charge in [0.15, 0.2) is 0 Å². The van der Waals surface area contributed by atoms with Crippen LogP contribution in [0.1, 0.15) is 25.0 Å². The van der Waals surface area contributed by atoms with Crippen molar-refractivity contribution in [2.45, 2.75) is 19.4 Å². The van der Waals surface area contributed by atoms with Gasteiger partial charge >= 0.3 is 0 Å². The Kier molecular flexibility index (Phi) is 5.46. The molecule has 2 atom stereocenters. The first kappa shape index (κ1) is 15.4. The third-order valence-corrected chi connectivity index (χ3v) is 3.68. The van der Waals surface area contributed by atoms with Crippen LogP contribution >= 0.6 is 0 Å². The van der Waals surface area contributed by atoms with Crippen LogP contribution in [0.25, 0.3) is 0 Å². The highest BCUT2D eigenvalue weighted by Crippen LogP contribution is 2.23. The first-order valence-electron chi connectivity index (χ1n) is 7.03. The second-order valence-electron chi connectivity index (χ2n) is 5.26. The van der Waals surface area contributed by atoms with E-state index in [1.54, 1.807) is 0 Å². The van der Waals surface area contributed by atoms with Crippen molar-refractivity contribution < 1.29 is 18.6 Å². The first-order chi connectivity index (χ1) is 9.60. The predicted octanol–water partition coefficient (Wildman–Crippen LogP) is 2.36. The molecule has 0 radical (unpaired) electrons. The standard InChI is InChI=1S/C15H21F2NO2/c1-2-20-10-11-5-6-18(8-11)9-15(19)13-7-12(16)3-4-14(13)17/h3-4,7,11,15,19H,2,5-6,8-10H2,1H3. The summed E-state index contributed by atoms with van der Waals surface area (Å²) in [6.07, 6.45) is 0.00905. The lowest BCUT2D eigenvalue weighted by Crippen LogP contribution is -2.27. The van der Waals surface area contributed by atoms with Gasteiger partial charge in [-0.25, -0.2) is 8.78 Å². The van der Waals surface area contributed by atoms with Crippen LogP contribution in [0.4, 0.5) is 8.78 Å². The third kappa shape index (κ3) is 3.98. The van der Waals surface area contributed by atoms with Gasteiger partial charge in [-0.15, -0.1) is 0 Å². The summed E-state index contributed by atoms with van der Waals surface area (Å²) in [6.45, 7) is 5.39. The van der Waals surface area contributed by atoms with Crippen molar-refractivity contribution in [3.63, 3.8) is 0 Å². The van der Waals surface area contributed by atoms with E-state index >= 15 is 0 Å². The number of halogens is 2. The Balaban J connectivity index is 1.89. The van der Waals surface area contributed by atoms with Crippen molar-refractivity contribution in [1.29, 1.82) is 0 Å². The van der Waals surface area contributed by atoms with Crippen molar-refractivity contribution in [1.82, 2.24) is 4.90 Å². The van der Waals surface area contributed by atoms with E-state index in [9.17, 15) is 13.9 Å². The van der Waals surface area contributed by atoms with E-state index in [1.165, 1.54) is 0 Å². The van der Waals surface area contributed by atoms with Gasteiger partial charge in [0, 0.05) is 25.3 Å². The normalized spacial score (nSPS) is 21.3. The Morgan fingerprint density at radius 1 is 1.45 bits per heavy atom. The second kappa shape index (κ2) is 7.11. The van der Waals surface area contributed by atoms with E-state index in [1.807, 2.05) is 6.92 Å². The number of aliphatic hydroxyl groups excluding tert-OH is 1. The van der Waals surface area contributed by atoms with Gasteiger partial charge in [0.2, 0.25) is 0 Å². The molecule has 3 nitrogen and oxygen atoms in total. The molecule has 5 heteroatoms. The zero-order valence-electron chi connectivity index (χ0n) is 11.7. The largest absolute Gasteiger partial charge is 0.387 e. The van der Waals surface area contributed by atoms with E-state index in [0.29, 0.717) is 19.1 Å². The lowest BCUT2D eigenvalue weighted by molar-refractivity contribution is 0.0988. The molecule has 1 aromatic rings. The van der Waals surface area contributed by atoms with Gasteiger partial charge in [0.25, 0.3) is 0 Å². The zero-order valence-corrected chi connectivity index (χ0v) is 11.7. The summed E-state index contributed by atoms with van der Waals surface area (Å²) < 4.78 is 32.1. The number of nitrogens with zero attached hydrogens (tertiary/aromatic N) is 1. The Labute approximate surface area is 118 Å². The molecule has 2 unspecified atom stereocenters. The summed E-state index contributed by atoms with van der Waals surface area (Å²) >= 11 is 0. The molecule has 0 aliphatic carbocycles. The molecule has 1 heterocycles. The predicted molar refractivity (Wildman–Crippen MR) is 72.4 cm³/mol. The minimum absolute atomic E-state index is 0.0262. The van der Waals surface area contributed by atoms with Gasteiger partial charge in [0.1, 0.15) is 11.6 Å².